The van der Waals surface area contributed by atoms with Crippen molar-refractivity contribution in [2.75, 3.05) is 19.6 Å². The van der Waals surface area contributed by atoms with Crippen LogP contribution in [0, 0.1) is 6.33 Å². The monoisotopic (exact) mass is 181 g/mol. The fraction of sp³-hybridized carbons (Fsp3) is 0.778. The highest BCUT2D eigenvalue weighted by Crippen LogP contribution is 1.93. The Bertz CT molecular complexity index is 240. The minimum absolute atomic E-state index is 0.884. The lowest BCUT2D eigenvalue weighted by Crippen LogP contribution is -2.25. The molecule has 0 spiro atoms. The van der Waals surface area contributed by atoms with E-state index in [1.165, 1.54) is 0 Å². The van der Waals surface area contributed by atoms with Crippen LogP contribution in [0.3, 0.4) is 0 Å². The number of likely N-dealkylation sites (N-methyl/N-ethyl adjacent to an activating group) is 1. The molecule has 0 saturated heterocycles. The Kier molecular flexibility index (Phi) is 3.89. The number of nitrogens with zero attached hydrogens (tertiary/aromatic N) is 4. The highest BCUT2D eigenvalue weighted by atomic mass is 15.3. The van der Waals surface area contributed by atoms with Gasteiger partial charge in [0, 0.05) is 20.0 Å². The van der Waals surface area contributed by atoms with Crippen LogP contribution in [0.5, 0.6) is 0 Å². The predicted molar refractivity (Wildman–Crippen MR) is 51.3 cm³/mol. The lowest BCUT2D eigenvalue weighted by Gasteiger charge is -2.16. The summed E-state index contributed by atoms with van der Waals surface area (Å²) in [5, 5.41) is 4.17. The Morgan fingerprint density at radius 2 is 2.08 bits per heavy atom. The molecule has 0 aliphatic rings. The molecule has 1 rings (SSSR count). The Morgan fingerprint density at radius 1 is 1.38 bits per heavy atom. The summed E-state index contributed by atoms with van der Waals surface area (Å²) in [6, 6.07) is 0. The zero-order valence-corrected chi connectivity index (χ0v) is 8.62. The van der Waals surface area contributed by atoms with Gasteiger partial charge >= 0.3 is 0 Å². The molecule has 0 fully saturated rings. The molecule has 0 aliphatic carbocycles. The number of aromatic nitrogens is 3. The van der Waals surface area contributed by atoms with Gasteiger partial charge in [-0.2, -0.15) is 5.10 Å². The van der Waals surface area contributed by atoms with Crippen LogP contribution in [0.25, 0.3) is 0 Å². The second-order valence-corrected chi connectivity index (χ2v) is 3.03. The molecule has 1 aromatic rings. The predicted octanol–water partition coefficient (Wildman–Crippen LogP) is 0.500. The third kappa shape index (κ3) is 3.14. The van der Waals surface area contributed by atoms with Crippen molar-refractivity contribution in [3.63, 3.8) is 0 Å². The molecule has 1 radical (unpaired) electrons. The fourth-order valence-electron chi connectivity index (χ4n) is 1.25. The van der Waals surface area contributed by atoms with Gasteiger partial charge < -0.3 is 4.90 Å². The second-order valence-electron chi connectivity index (χ2n) is 3.03. The van der Waals surface area contributed by atoms with E-state index in [-0.39, 0.29) is 0 Å². The molecular formula is C9H17N4. The van der Waals surface area contributed by atoms with Gasteiger partial charge in [0.2, 0.25) is 0 Å². The summed E-state index contributed by atoms with van der Waals surface area (Å²) in [7, 11) is 1.84. The van der Waals surface area contributed by atoms with Crippen molar-refractivity contribution < 1.29 is 0 Å². The summed E-state index contributed by atoms with van der Waals surface area (Å²) >= 11 is 0. The molecule has 0 bridgehead atoms. The standard InChI is InChI=1S/C9H17N4/c1-4-13(5-2)7-6-9-10-8-12(3)11-9/h4-7H2,1-3H3. The average molecular weight is 181 g/mol. The Morgan fingerprint density at radius 3 is 2.54 bits per heavy atom. The van der Waals surface area contributed by atoms with E-state index in [0.717, 1.165) is 31.9 Å². The van der Waals surface area contributed by atoms with Crippen LogP contribution in [0.4, 0.5) is 0 Å². The topological polar surface area (TPSA) is 34.0 Å². The highest BCUT2D eigenvalue weighted by Gasteiger charge is 2.02. The summed E-state index contributed by atoms with van der Waals surface area (Å²) < 4.78 is 1.62. The molecule has 4 heteroatoms. The molecular weight excluding hydrogens is 164 g/mol. The maximum absolute atomic E-state index is 4.17. The van der Waals surface area contributed by atoms with Crippen LogP contribution in [-0.4, -0.2) is 39.3 Å². The van der Waals surface area contributed by atoms with Crippen LogP contribution in [-0.2, 0) is 13.5 Å². The summed E-state index contributed by atoms with van der Waals surface area (Å²) in [4.78, 5) is 6.41. The van der Waals surface area contributed by atoms with Crippen molar-refractivity contribution in [3.05, 3.63) is 12.2 Å². The number of hydrogen-bond acceptors (Lipinski definition) is 3. The van der Waals surface area contributed by atoms with E-state index in [1.807, 2.05) is 7.05 Å². The van der Waals surface area contributed by atoms with Gasteiger partial charge in [-0.1, -0.05) is 13.8 Å². The van der Waals surface area contributed by atoms with Crippen molar-refractivity contribution in [2.24, 2.45) is 7.05 Å². The molecule has 0 atom stereocenters. The van der Waals surface area contributed by atoms with E-state index in [9.17, 15) is 0 Å². The summed E-state index contributed by atoms with van der Waals surface area (Å²) in [6.45, 7) is 7.55. The first-order valence-electron chi connectivity index (χ1n) is 4.76. The van der Waals surface area contributed by atoms with Gasteiger partial charge in [0.1, 0.15) is 0 Å². The fourth-order valence-corrected chi connectivity index (χ4v) is 1.25. The molecule has 4 nitrogen and oxygen atoms in total. The van der Waals surface area contributed by atoms with E-state index in [2.05, 4.69) is 35.2 Å². The van der Waals surface area contributed by atoms with Crippen LogP contribution < -0.4 is 0 Å². The van der Waals surface area contributed by atoms with Gasteiger partial charge in [-0.15, -0.1) is 0 Å². The lowest BCUT2D eigenvalue weighted by molar-refractivity contribution is 0.305. The van der Waals surface area contributed by atoms with Crippen LogP contribution >= 0.6 is 0 Å². The largest absolute Gasteiger partial charge is 0.303 e. The zero-order valence-electron chi connectivity index (χ0n) is 8.62. The Hall–Kier alpha value is -0.900. The number of hydrogen-bond donors (Lipinski definition) is 0. The Labute approximate surface area is 79.6 Å². The molecule has 0 amide bonds. The van der Waals surface area contributed by atoms with Crippen molar-refractivity contribution in [3.8, 4) is 0 Å². The third-order valence-electron chi connectivity index (χ3n) is 2.14. The van der Waals surface area contributed by atoms with Crippen molar-refractivity contribution in [1.29, 1.82) is 0 Å². The molecule has 0 unspecified atom stereocenters. The quantitative estimate of drug-likeness (QED) is 0.663. The first kappa shape index (κ1) is 10.2. The van der Waals surface area contributed by atoms with E-state index >= 15 is 0 Å². The van der Waals surface area contributed by atoms with Crippen molar-refractivity contribution in [2.45, 2.75) is 20.3 Å². The lowest BCUT2D eigenvalue weighted by atomic mass is 10.3. The van der Waals surface area contributed by atoms with Gasteiger partial charge in [0.15, 0.2) is 12.2 Å². The SMILES string of the molecule is CCN(CC)CCc1n[c]n(C)n1. The molecule has 73 valence electrons. The summed E-state index contributed by atoms with van der Waals surface area (Å²) in [6.07, 6.45) is 3.68. The van der Waals surface area contributed by atoms with Gasteiger partial charge in [-0.3, -0.25) is 0 Å². The second kappa shape index (κ2) is 4.97. The zero-order chi connectivity index (χ0) is 9.68. The molecule has 0 aliphatic heterocycles. The first-order valence-corrected chi connectivity index (χ1v) is 4.76. The maximum atomic E-state index is 4.17. The maximum Gasteiger partial charge on any atom is 0.196 e. The normalized spacial score (nSPS) is 11.1. The van der Waals surface area contributed by atoms with Crippen LogP contribution in [0.2, 0.25) is 0 Å². The minimum atomic E-state index is 0.884. The summed E-state index contributed by atoms with van der Waals surface area (Å²) in [5.74, 6) is 0.884. The molecule has 13 heavy (non-hydrogen) atoms. The van der Waals surface area contributed by atoms with Gasteiger partial charge in [0.25, 0.3) is 0 Å². The van der Waals surface area contributed by atoms with E-state index in [4.69, 9.17) is 0 Å². The van der Waals surface area contributed by atoms with E-state index in [1.54, 1.807) is 4.68 Å². The summed E-state index contributed by atoms with van der Waals surface area (Å²) in [5.41, 5.74) is 0. The van der Waals surface area contributed by atoms with Crippen molar-refractivity contribution in [1.82, 2.24) is 19.7 Å². The molecule has 0 saturated carbocycles. The van der Waals surface area contributed by atoms with E-state index in [0.29, 0.717) is 0 Å². The third-order valence-corrected chi connectivity index (χ3v) is 2.14. The highest BCUT2D eigenvalue weighted by molar-refractivity contribution is 4.81. The Balaban J connectivity index is 2.33. The van der Waals surface area contributed by atoms with Gasteiger partial charge in [0.05, 0.1) is 0 Å². The van der Waals surface area contributed by atoms with Gasteiger partial charge in [-0.25, -0.2) is 9.67 Å². The molecule has 1 heterocycles. The minimum Gasteiger partial charge on any atom is -0.303 e. The smallest absolute Gasteiger partial charge is 0.196 e. The van der Waals surface area contributed by atoms with Gasteiger partial charge in [-0.05, 0) is 13.1 Å². The molecule has 0 aromatic carbocycles. The van der Waals surface area contributed by atoms with Crippen LogP contribution in [0.1, 0.15) is 19.7 Å². The average Bonchev–Trinajstić information content (AvgIpc) is 2.53. The van der Waals surface area contributed by atoms with E-state index < -0.39 is 0 Å². The number of aryl methyl sites for hydroxylation is 1. The number of rotatable bonds is 5. The molecule has 0 N–H and O–H groups in total. The van der Waals surface area contributed by atoms with Crippen molar-refractivity contribution >= 4 is 0 Å². The van der Waals surface area contributed by atoms with Crippen LogP contribution in [0.15, 0.2) is 0 Å². The molecule has 1 aromatic heterocycles. The first-order chi connectivity index (χ1) is 6.26.